The Labute approximate surface area is 226 Å². The van der Waals surface area contributed by atoms with Gasteiger partial charge in [0.1, 0.15) is 23.8 Å². The van der Waals surface area contributed by atoms with Crippen LogP contribution in [0.1, 0.15) is 60.3 Å². The molecule has 5 rings (SSSR count). The third-order valence-electron chi connectivity index (χ3n) is 7.51. The SMILES string of the molecule is CNC(=O)c1ccnc2c(C(C)C(C)CNc3cc(-c4cnc(C5CCOCC5)nc4)ncn3)ccc(F)c12. The van der Waals surface area contributed by atoms with Crippen molar-refractivity contribution in [1.82, 2.24) is 30.2 Å². The van der Waals surface area contributed by atoms with Crippen molar-refractivity contribution in [3.05, 3.63) is 72.0 Å². The zero-order valence-electron chi connectivity index (χ0n) is 22.3. The summed E-state index contributed by atoms with van der Waals surface area (Å²) in [7, 11) is 1.53. The third kappa shape index (κ3) is 5.70. The van der Waals surface area contributed by atoms with Crippen LogP contribution in [0.4, 0.5) is 10.2 Å². The second-order valence-corrected chi connectivity index (χ2v) is 9.95. The number of benzene rings is 1. The normalized spacial score (nSPS) is 15.6. The maximum atomic E-state index is 14.8. The van der Waals surface area contributed by atoms with Crippen molar-refractivity contribution < 1.29 is 13.9 Å². The van der Waals surface area contributed by atoms with Gasteiger partial charge in [0.05, 0.1) is 16.8 Å². The van der Waals surface area contributed by atoms with Crippen molar-refractivity contribution in [2.45, 2.75) is 38.5 Å². The van der Waals surface area contributed by atoms with Crippen LogP contribution in [0.15, 0.2) is 49.2 Å². The molecule has 39 heavy (non-hydrogen) atoms. The molecule has 0 spiro atoms. The predicted octanol–water partition coefficient (Wildman–Crippen LogP) is 4.73. The molecule has 0 radical (unpaired) electrons. The van der Waals surface area contributed by atoms with E-state index in [-0.39, 0.29) is 28.7 Å². The lowest BCUT2D eigenvalue weighted by Gasteiger charge is -2.23. The molecular weight excluding hydrogens is 497 g/mol. The quantitative estimate of drug-likeness (QED) is 0.337. The van der Waals surface area contributed by atoms with E-state index in [4.69, 9.17) is 4.74 Å². The van der Waals surface area contributed by atoms with Crippen LogP contribution >= 0.6 is 0 Å². The Morgan fingerprint density at radius 1 is 1.08 bits per heavy atom. The Morgan fingerprint density at radius 3 is 2.59 bits per heavy atom. The number of anilines is 1. The standard InChI is InChI=1S/C29H32FN7O2/c1-17(18(2)21-4-5-23(30)26-22(29(38)31-3)6-9-32-27(21)26)13-33-25-12-24(36-16-37-25)20-14-34-28(35-15-20)19-7-10-39-11-8-19/h4-6,9,12,14-19H,7-8,10-11,13H2,1-3H3,(H,31,38)(H,33,36,37). The maximum Gasteiger partial charge on any atom is 0.251 e. The molecule has 3 aromatic heterocycles. The lowest BCUT2D eigenvalue weighted by atomic mass is 9.86. The predicted molar refractivity (Wildman–Crippen MR) is 147 cm³/mol. The van der Waals surface area contributed by atoms with E-state index in [2.05, 4.69) is 49.4 Å². The highest BCUT2D eigenvalue weighted by Crippen LogP contribution is 2.32. The minimum absolute atomic E-state index is 0.0282. The van der Waals surface area contributed by atoms with Crippen molar-refractivity contribution in [2.75, 3.05) is 32.1 Å². The molecule has 0 aliphatic carbocycles. The van der Waals surface area contributed by atoms with E-state index in [0.717, 1.165) is 48.7 Å². The summed E-state index contributed by atoms with van der Waals surface area (Å²) in [6.45, 7) is 6.30. The molecule has 0 saturated carbocycles. The molecule has 9 nitrogen and oxygen atoms in total. The molecule has 1 aromatic carbocycles. The first-order valence-corrected chi connectivity index (χ1v) is 13.2. The number of carbonyl (C=O) groups is 1. The first-order chi connectivity index (χ1) is 19.0. The summed E-state index contributed by atoms with van der Waals surface area (Å²) < 4.78 is 20.2. The number of nitrogens with zero attached hydrogens (tertiary/aromatic N) is 5. The molecule has 2 atom stereocenters. The number of carbonyl (C=O) groups excluding carboxylic acids is 1. The summed E-state index contributed by atoms with van der Waals surface area (Å²) in [6, 6.07) is 6.59. The minimum Gasteiger partial charge on any atom is -0.381 e. The van der Waals surface area contributed by atoms with Crippen molar-refractivity contribution >= 4 is 22.6 Å². The number of nitrogens with one attached hydrogen (secondary N) is 2. The largest absolute Gasteiger partial charge is 0.381 e. The van der Waals surface area contributed by atoms with Crippen LogP contribution in [0.2, 0.25) is 0 Å². The van der Waals surface area contributed by atoms with Gasteiger partial charge in [-0.1, -0.05) is 19.9 Å². The topological polar surface area (TPSA) is 115 Å². The highest BCUT2D eigenvalue weighted by molar-refractivity contribution is 6.06. The maximum absolute atomic E-state index is 14.8. The highest BCUT2D eigenvalue weighted by atomic mass is 19.1. The van der Waals surface area contributed by atoms with Crippen molar-refractivity contribution in [1.29, 1.82) is 0 Å². The number of hydrogen-bond acceptors (Lipinski definition) is 8. The fraction of sp³-hybridized carbons (Fsp3) is 0.379. The summed E-state index contributed by atoms with van der Waals surface area (Å²) in [5, 5.41) is 6.22. The number of aromatic nitrogens is 5. The summed E-state index contributed by atoms with van der Waals surface area (Å²) in [5.74, 6) is 1.24. The van der Waals surface area contributed by atoms with E-state index in [1.54, 1.807) is 18.3 Å². The number of halogens is 1. The number of ether oxygens (including phenoxy) is 1. The van der Waals surface area contributed by atoms with Crippen molar-refractivity contribution in [3.8, 4) is 11.3 Å². The monoisotopic (exact) mass is 529 g/mol. The Kier molecular flexibility index (Phi) is 8.02. The van der Waals surface area contributed by atoms with Gasteiger partial charge in [0, 0.05) is 68.3 Å². The lowest BCUT2D eigenvalue weighted by Crippen LogP contribution is -2.20. The lowest BCUT2D eigenvalue weighted by molar-refractivity contribution is 0.0836. The first kappa shape index (κ1) is 26.6. The van der Waals surface area contributed by atoms with Gasteiger partial charge in [-0.05, 0) is 42.4 Å². The number of amides is 1. The fourth-order valence-corrected chi connectivity index (χ4v) is 4.94. The molecule has 2 N–H and O–H groups in total. The molecule has 10 heteroatoms. The second kappa shape index (κ2) is 11.8. The first-order valence-electron chi connectivity index (χ1n) is 13.2. The van der Waals surface area contributed by atoms with Crippen LogP contribution in [0, 0.1) is 11.7 Å². The molecule has 1 amide bonds. The smallest absolute Gasteiger partial charge is 0.251 e. The van der Waals surface area contributed by atoms with E-state index >= 15 is 0 Å². The molecule has 202 valence electrons. The summed E-state index contributed by atoms with van der Waals surface area (Å²) in [6.07, 6.45) is 8.58. The molecule has 4 aromatic rings. The van der Waals surface area contributed by atoms with Crippen LogP contribution < -0.4 is 10.6 Å². The van der Waals surface area contributed by atoms with Gasteiger partial charge in [-0.2, -0.15) is 0 Å². The van der Waals surface area contributed by atoms with Gasteiger partial charge in [-0.3, -0.25) is 9.78 Å². The Bertz CT molecular complexity index is 1460. The minimum atomic E-state index is -0.461. The second-order valence-electron chi connectivity index (χ2n) is 9.95. The van der Waals surface area contributed by atoms with E-state index in [0.29, 0.717) is 23.8 Å². The van der Waals surface area contributed by atoms with E-state index in [1.165, 1.54) is 19.4 Å². The number of fused-ring (bicyclic) bond motifs is 1. The van der Waals surface area contributed by atoms with Gasteiger partial charge in [-0.15, -0.1) is 0 Å². The van der Waals surface area contributed by atoms with Crippen LogP contribution in [0.5, 0.6) is 0 Å². The molecule has 1 saturated heterocycles. The number of hydrogen-bond donors (Lipinski definition) is 2. The third-order valence-corrected chi connectivity index (χ3v) is 7.51. The molecule has 2 unspecified atom stereocenters. The molecule has 1 fully saturated rings. The number of pyridine rings is 1. The van der Waals surface area contributed by atoms with Crippen LogP contribution in [-0.4, -0.2) is 57.6 Å². The van der Waals surface area contributed by atoms with Gasteiger partial charge in [0.2, 0.25) is 0 Å². The van der Waals surface area contributed by atoms with E-state index < -0.39 is 5.82 Å². The van der Waals surface area contributed by atoms with E-state index in [1.807, 2.05) is 18.5 Å². The zero-order valence-corrected chi connectivity index (χ0v) is 22.3. The summed E-state index contributed by atoms with van der Waals surface area (Å²) >= 11 is 0. The van der Waals surface area contributed by atoms with Gasteiger partial charge in [0.15, 0.2) is 0 Å². The fourth-order valence-electron chi connectivity index (χ4n) is 4.94. The van der Waals surface area contributed by atoms with Crippen molar-refractivity contribution in [2.24, 2.45) is 5.92 Å². The van der Waals surface area contributed by atoms with Gasteiger partial charge < -0.3 is 15.4 Å². The highest BCUT2D eigenvalue weighted by Gasteiger charge is 2.22. The van der Waals surface area contributed by atoms with Gasteiger partial charge in [0.25, 0.3) is 5.91 Å². The number of rotatable bonds is 8. The van der Waals surface area contributed by atoms with E-state index in [9.17, 15) is 9.18 Å². The average Bonchev–Trinajstić information content (AvgIpc) is 2.99. The zero-order chi connectivity index (χ0) is 27.4. The Balaban J connectivity index is 1.29. The Hall–Kier alpha value is -4.05. The van der Waals surface area contributed by atoms with Crippen molar-refractivity contribution in [3.63, 3.8) is 0 Å². The molecule has 1 aliphatic rings. The molecule has 4 heterocycles. The molecule has 0 bridgehead atoms. The molecular formula is C29H32FN7O2. The Morgan fingerprint density at radius 2 is 1.85 bits per heavy atom. The van der Waals surface area contributed by atoms with Gasteiger partial charge in [-0.25, -0.2) is 24.3 Å². The van der Waals surface area contributed by atoms with Crippen LogP contribution in [0.25, 0.3) is 22.2 Å². The van der Waals surface area contributed by atoms with Crippen LogP contribution in [-0.2, 0) is 4.74 Å². The summed E-state index contributed by atoms with van der Waals surface area (Å²) in [4.78, 5) is 34.7. The van der Waals surface area contributed by atoms with Crippen LogP contribution in [0.3, 0.4) is 0 Å². The average molecular weight is 530 g/mol. The van der Waals surface area contributed by atoms with Gasteiger partial charge >= 0.3 is 0 Å². The molecule has 1 aliphatic heterocycles. The summed E-state index contributed by atoms with van der Waals surface area (Å²) in [5.41, 5.74) is 3.23.